The summed E-state index contributed by atoms with van der Waals surface area (Å²) in [7, 11) is 0. The molecule has 0 bridgehead atoms. The van der Waals surface area contributed by atoms with Crippen molar-refractivity contribution in [3.63, 3.8) is 0 Å². The van der Waals surface area contributed by atoms with Crippen LogP contribution in [0.25, 0.3) is 0 Å². The number of nitrogens with zero attached hydrogens (tertiary/aromatic N) is 1. The number of hydrogen-bond acceptors (Lipinski definition) is 7. The van der Waals surface area contributed by atoms with E-state index in [1.807, 2.05) is 0 Å². The molecule has 8 nitrogen and oxygen atoms in total. The van der Waals surface area contributed by atoms with E-state index < -0.39 is 53.3 Å². The molecule has 0 aromatic rings. The average molecular weight is 297 g/mol. The van der Waals surface area contributed by atoms with Crippen molar-refractivity contribution in [2.75, 3.05) is 0 Å². The molecule has 0 N–H and O–H groups in total. The molecule has 1 saturated carbocycles. The van der Waals surface area contributed by atoms with Crippen LogP contribution in [0, 0.1) is 17.8 Å². The van der Waals surface area contributed by atoms with Crippen molar-refractivity contribution >= 4 is 23.9 Å². The molecular weight excluding hydrogens is 282 g/mol. The van der Waals surface area contributed by atoms with Gasteiger partial charge < -0.3 is 24.5 Å². The zero-order valence-electron chi connectivity index (χ0n) is 11.8. The van der Waals surface area contributed by atoms with E-state index in [4.69, 9.17) is 4.74 Å². The number of likely N-dealkylation sites (tertiary alicyclic amines) is 1. The second-order valence-corrected chi connectivity index (χ2v) is 6.30. The molecule has 1 saturated heterocycles. The summed E-state index contributed by atoms with van der Waals surface area (Å²) in [5.74, 6) is -6.41. The van der Waals surface area contributed by atoms with E-state index in [9.17, 15) is 29.4 Å². The maximum Gasteiger partial charge on any atom is 0.417 e. The van der Waals surface area contributed by atoms with Crippen LogP contribution < -0.4 is 10.2 Å². The van der Waals surface area contributed by atoms with Gasteiger partial charge in [0.05, 0.1) is 12.0 Å². The molecule has 0 radical (unpaired) electrons. The van der Waals surface area contributed by atoms with E-state index in [1.54, 1.807) is 20.8 Å². The van der Waals surface area contributed by atoms with Gasteiger partial charge in [-0.25, -0.2) is 9.69 Å². The van der Waals surface area contributed by atoms with E-state index >= 15 is 0 Å². The molecule has 1 heterocycles. The zero-order chi connectivity index (χ0) is 16.1. The first-order chi connectivity index (χ1) is 9.54. The second kappa shape index (κ2) is 4.71. The van der Waals surface area contributed by atoms with E-state index in [-0.39, 0.29) is 6.42 Å². The monoisotopic (exact) mass is 297 g/mol. The maximum absolute atomic E-state index is 12.0. The smallest absolute Gasteiger partial charge is 0.417 e. The molecule has 2 rings (SSSR count). The number of hydrogen-bond donors (Lipinski definition) is 0. The highest BCUT2D eigenvalue weighted by Crippen LogP contribution is 2.54. The summed E-state index contributed by atoms with van der Waals surface area (Å²) in [6, 6.07) is -1.63. The van der Waals surface area contributed by atoms with Gasteiger partial charge in [0.25, 0.3) is 0 Å². The largest absolute Gasteiger partial charge is 0.550 e. The molecule has 0 aromatic carbocycles. The molecule has 4 unspecified atom stereocenters. The number of piperidine rings is 1. The summed E-state index contributed by atoms with van der Waals surface area (Å²) in [5.41, 5.74) is -0.915. The maximum atomic E-state index is 12.0. The Balaban J connectivity index is 2.27. The number of carboxylic acids is 2. The SMILES string of the molecule is CC(C)(C)OC(=O)N1C(=O)CC2C(C(=O)[O-])C2C1C(=O)[O-]. The van der Waals surface area contributed by atoms with E-state index in [0.29, 0.717) is 4.90 Å². The standard InChI is InChI=1S/C13H17NO7/c1-13(2,3)21-12(20)14-6(15)4-5-7(8(5)10(16)17)9(14)11(18)19/h5,7-9H,4H2,1-3H3,(H,16,17)(H,18,19)/p-2. The van der Waals surface area contributed by atoms with Gasteiger partial charge in [-0.1, -0.05) is 0 Å². The van der Waals surface area contributed by atoms with Crippen LogP contribution in [0.15, 0.2) is 0 Å². The van der Waals surface area contributed by atoms with E-state index in [2.05, 4.69) is 0 Å². The fraction of sp³-hybridized carbons (Fsp3) is 0.692. The number of carbonyl (C=O) groups is 4. The van der Waals surface area contributed by atoms with Gasteiger partial charge in [-0.2, -0.15) is 0 Å². The molecule has 2 aliphatic rings. The zero-order valence-corrected chi connectivity index (χ0v) is 11.8. The Morgan fingerprint density at radius 3 is 2.19 bits per heavy atom. The molecular formula is C13H15NO7-2. The van der Waals surface area contributed by atoms with E-state index in [0.717, 1.165) is 0 Å². The van der Waals surface area contributed by atoms with Crippen LogP contribution in [0.4, 0.5) is 4.79 Å². The summed E-state index contributed by atoms with van der Waals surface area (Å²) < 4.78 is 5.00. The van der Waals surface area contributed by atoms with Gasteiger partial charge in [-0.05, 0) is 32.6 Å². The molecule has 8 heteroatoms. The van der Waals surface area contributed by atoms with Gasteiger partial charge in [-0.15, -0.1) is 0 Å². The molecule has 116 valence electrons. The molecule has 4 atom stereocenters. The first-order valence-electron chi connectivity index (χ1n) is 6.51. The summed E-state index contributed by atoms with van der Waals surface area (Å²) in [6.45, 7) is 4.70. The molecule has 2 amide bonds. The summed E-state index contributed by atoms with van der Waals surface area (Å²) in [5, 5.41) is 22.2. The Kier molecular flexibility index (Phi) is 3.43. The average Bonchev–Trinajstić information content (AvgIpc) is 2.97. The van der Waals surface area contributed by atoms with Crippen LogP contribution in [0.3, 0.4) is 0 Å². The Bertz CT molecular complexity index is 521. The normalized spacial score (nSPS) is 31.4. The van der Waals surface area contributed by atoms with Crippen LogP contribution in [0.5, 0.6) is 0 Å². The first-order valence-corrected chi connectivity index (χ1v) is 6.51. The van der Waals surface area contributed by atoms with Crippen molar-refractivity contribution in [3.05, 3.63) is 0 Å². The molecule has 0 aromatic heterocycles. The Morgan fingerprint density at radius 1 is 1.19 bits per heavy atom. The highest BCUT2D eigenvalue weighted by Gasteiger charge is 2.62. The molecule has 21 heavy (non-hydrogen) atoms. The van der Waals surface area contributed by atoms with Crippen LogP contribution in [-0.4, -0.2) is 40.5 Å². The lowest BCUT2D eigenvalue weighted by atomic mass is 10.0. The third-order valence-electron chi connectivity index (χ3n) is 3.66. The van der Waals surface area contributed by atoms with Gasteiger partial charge in [0, 0.05) is 18.3 Å². The Morgan fingerprint density at radius 2 is 1.76 bits per heavy atom. The highest BCUT2D eigenvalue weighted by atomic mass is 16.6. The number of rotatable bonds is 2. The molecule has 1 aliphatic carbocycles. The third kappa shape index (κ3) is 2.70. The Hall–Kier alpha value is -2.12. The lowest BCUT2D eigenvalue weighted by Crippen LogP contribution is -2.57. The van der Waals surface area contributed by atoms with Crippen LogP contribution in [0.2, 0.25) is 0 Å². The van der Waals surface area contributed by atoms with Crippen molar-refractivity contribution < 1.29 is 34.1 Å². The molecule has 0 spiro atoms. The number of carboxylic acid groups (broad SMARTS) is 2. The van der Waals surface area contributed by atoms with Crippen LogP contribution >= 0.6 is 0 Å². The number of imide groups is 1. The third-order valence-corrected chi connectivity index (χ3v) is 3.66. The number of carbonyl (C=O) groups excluding carboxylic acids is 4. The number of aliphatic carboxylic acids is 2. The first kappa shape index (κ1) is 15.3. The second-order valence-electron chi connectivity index (χ2n) is 6.30. The highest BCUT2D eigenvalue weighted by molar-refractivity contribution is 5.99. The fourth-order valence-electron chi connectivity index (χ4n) is 2.84. The van der Waals surface area contributed by atoms with Gasteiger partial charge >= 0.3 is 6.09 Å². The van der Waals surface area contributed by atoms with Gasteiger partial charge in [0.15, 0.2) is 0 Å². The predicted octanol–water partition coefficient (Wildman–Crippen LogP) is -2.12. The number of amides is 2. The van der Waals surface area contributed by atoms with Crippen molar-refractivity contribution in [3.8, 4) is 0 Å². The lowest BCUT2D eigenvalue weighted by molar-refractivity contribution is -0.313. The van der Waals surface area contributed by atoms with Crippen molar-refractivity contribution in [2.24, 2.45) is 17.8 Å². The Labute approximate surface area is 120 Å². The lowest BCUT2D eigenvalue weighted by Gasteiger charge is -2.35. The summed E-state index contributed by atoms with van der Waals surface area (Å²) in [4.78, 5) is 46.6. The number of fused-ring (bicyclic) bond motifs is 1. The van der Waals surface area contributed by atoms with Gasteiger partial charge in [-0.3, -0.25) is 4.79 Å². The van der Waals surface area contributed by atoms with Crippen molar-refractivity contribution in [1.82, 2.24) is 4.90 Å². The predicted molar refractivity (Wildman–Crippen MR) is 62.0 cm³/mol. The summed E-state index contributed by atoms with van der Waals surface area (Å²) in [6.07, 6.45) is -1.32. The number of ether oxygens (including phenoxy) is 1. The van der Waals surface area contributed by atoms with Gasteiger partial charge in [0.2, 0.25) is 5.91 Å². The minimum Gasteiger partial charge on any atom is -0.550 e. The quantitative estimate of drug-likeness (QED) is 0.570. The molecule has 2 fully saturated rings. The van der Waals surface area contributed by atoms with E-state index in [1.165, 1.54) is 0 Å². The van der Waals surface area contributed by atoms with Crippen LogP contribution in [-0.2, 0) is 19.1 Å². The van der Waals surface area contributed by atoms with Gasteiger partial charge in [0.1, 0.15) is 5.60 Å². The fourth-order valence-corrected chi connectivity index (χ4v) is 2.84. The minimum atomic E-state index is -1.67. The molecule has 1 aliphatic heterocycles. The summed E-state index contributed by atoms with van der Waals surface area (Å²) >= 11 is 0. The minimum absolute atomic E-state index is 0.216. The van der Waals surface area contributed by atoms with Crippen LogP contribution in [0.1, 0.15) is 27.2 Å². The van der Waals surface area contributed by atoms with Crippen molar-refractivity contribution in [1.29, 1.82) is 0 Å². The van der Waals surface area contributed by atoms with Crippen molar-refractivity contribution in [2.45, 2.75) is 38.8 Å². The topological polar surface area (TPSA) is 127 Å².